The lowest BCUT2D eigenvalue weighted by atomic mass is 9.97. The van der Waals surface area contributed by atoms with Gasteiger partial charge in [-0.1, -0.05) is 11.3 Å². The number of piperidine rings is 1. The predicted molar refractivity (Wildman–Crippen MR) is 84.0 cm³/mol. The molecule has 0 aromatic carbocycles. The highest BCUT2D eigenvalue weighted by atomic mass is 32.2. The van der Waals surface area contributed by atoms with E-state index in [1.54, 1.807) is 16.7 Å². The van der Waals surface area contributed by atoms with Crippen molar-refractivity contribution < 1.29 is 14.3 Å². The second kappa shape index (κ2) is 7.13. The van der Waals surface area contributed by atoms with E-state index in [0.717, 1.165) is 22.7 Å². The Morgan fingerprint density at radius 2 is 2.29 bits per heavy atom. The molecule has 1 aliphatic rings. The first-order valence-electron chi connectivity index (χ1n) is 6.70. The van der Waals surface area contributed by atoms with E-state index in [2.05, 4.69) is 10.3 Å². The van der Waals surface area contributed by atoms with Crippen molar-refractivity contribution in [3.63, 3.8) is 0 Å². The molecule has 2 heterocycles. The predicted octanol–water partition coefficient (Wildman–Crippen LogP) is 2.59. The molecule has 0 radical (unpaired) electrons. The standard InChI is InChI=1S/C13H19N3O3S2/c1-8-11(20-3)21-12(14-8)15-10(17)9-5-4-6-16(7-9)13(18)19-2/h9H,4-7H2,1-3H3,(H,14,15,17)/t9-/m0/s1. The number of thiazole rings is 1. The summed E-state index contributed by atoms with van der Waals surface area (Å²) in [5, 5.41) is 3.48. The second-order valence-corrected chi connectivity index (χ2v) is 6.91. The molecular formula is C13H19N3O3S2. The molecule has 1 aromatic heterocycles. The number of carbonyl (C=O) groups is 2. The number of methoxy groups -OCH3 is 1. The van der Waals surface area contributed by atoms with Crippen molar-refractivity contribution in [2.75, 3.05) is 31.8 Å². The van der Waals surface area contributed by atoms with Crippen molar-refractivity contribution in [3.05, 3.63) is 5.69 Å². The van der Waals surface area contributed by atoms with Gasteiger partial charge in [-0.3, -0.25) is 4.79 Å². The summed E-state index contributed by atoms with van der Waals surface area (Å²) in [7, 11) is 1.36. The number of likely N-dealkylation sites (tertiary alicyclic amines) is 1. The number of hydrogen-bond acceptors (Lipinski definition) is 6. The van der Waals surface area contributed by atoms with Crippen molar-refractivity contribution in [2.45, 2.75) is 24.0 Å². The number of amides is 2. The zero-order valence-corrected chi connectivity index (χ0v) is 14.0. The summed E-state index contributed by atoms with van der Waals surface area (Å²) in [5.41, 5.74) is 0.933. The lowest BCUT2D eigenvalue weighted by Crippen LogP contribution is -2.43. The van der Waals surface area contributed by atoms with Gasteiger partial charge in [0, 0.05) is 13.1 Å². The molecule has 1 N–H and O–H groups in total. The van der Waals surface area contributed by atoms with Crippen LogP contribution in [0.25, 0.3) is 0 Å². The van der Waals surface area contributed by atoms with Crippen molar-refractivity contribution in [1.82, 2.24) is 9.88 Å². The first kappa shape index (κ1) is 16.1. The van der Waals surface area contributed by atoms with Crippen LogP contribution in [0.2, 0.25) is 0 Å². The monoisotopic (exact) mass is 329 g/mol. The number of hydrogen-bond donors (Lipinski definition) is 1. The van der Waals surface area contributed by atoms with E-state index in [1.165, 1.54) is 18.4 Å². The number of nitrogens with zero attached hydrogens (tertiary/aromatic N) is 2. The zero-order valence-electron chi connectivity index (χ0n) is 12.3. The summed E-state index contributed by atoms with van der Waals surface area (Å²) < 4.78 is 5.81. The number of nitrogens with one attached hydrogen (secondary N) is 1. The zero-order chi connectivity index (χ0) is 15.4. The van der Waals surface area contributed by atoms with E-state index >= 15 is 0 Å². The van der Waals surface area contributed by atoms with E-state index in [4.69, 9.17) is 4.74 Å². The number of anilines is 1. The smallest absolute Gasteiger partial charge is 0.409 e. The lowest BCUT2D eigenvalue weighted by Gasteiger charge is -2.30. The van der Waals surface area contributed by atoms with Gasteiger partial charge >= 0.3 is 6.09 Å². The minimum atomic E-state index is -0.373. The number of carbonyl (C=O) groups excluding carboxylic acids is 2. The summed E-state index contributed by atoms with van der Waals surface area (Å²) in [6, 6.07) is 0. The highest BCUT2D eigenvalue weighted by Crippen LogP contribution is 2.30. The van der Waals surface area contributed by atoms with Crippen LogP contribution in [-0.4, -0.2) is 48.3 Å². The first-order chi connectivity index (χ1) is 10.0. The molecule has 2 amide bonds. The summed E-state index contributed by atoms with van der Waals surface area (Å²) in [6.07, 6.45) is 3.20. The quantitative estimate of drug-likeness (QED) is 0.863. The molecule has 0 unspecified atom stereocenters. The largest absolute Gasteiger partial charge is 0.453 e. The van der Waals surface area contributed by atoms with Crippen LogP contribution < -0.4 is 5.32 Å². The Hall–Kier alpha value is -1.28. The molecule has 1 atom stereocenters. The van der Waals surface area contributed by atoms with Gasteiger partial charge in [0.25, 0.3) is 0 Å². The molecule has 116 valence electrons. The van der Waals surface area contributed by atoms with Crippen LogP contribution in [0.4, 0.5) is 9.93 Å². The molecule has 0 bridgehead atoms. The number of ether oxygens (including phenoxy) is 1. The Balaban J connectivity index is 1.97. The Morgan fingerprint density at radius 1 is 1.52 bits per heavy atom. The molecule has 1 aromatic rings. The Labute approximate surface area is 132 Å². The Morgan fingerprint density at radius 3 is 2.90 bits per heavy atom. The molecule has 6 nitrogen and oxygen atoms in total. The maximum Gasteiger partial charge on any atom is 0.409 e. The molecule has 0 saturated carbocycles. The van der Waals surface area contributed by atoms with Crippen LogP contribution in [0, 0.1) is 12.8 Å². The fourth-order valence-corrected chi connectivity index (χ4v) is 3.93. The van der Waals surface area contributed by atoms with Gasteiger partial charge in [0.2, 0.25) is 5.91 Å². The van der Waals surface area contributed by atoms with Crippen LogP contribution >= 0.6 is 23.1 Å². The Kier molecular flexibility index (Phi) is 5.46. The van der Waals surface area contributed by atoms with E-state index in [9.17, 15) is 9.59 Å². The van der Waals surface area contributed by atoms with E-state index in [0.29, 0.717) is 18.2 Å². The molecule has 1 saturated heterocycles. The minimum absolute atomic E-state index is 0.0787. The number of aromatic nitrogens is 1. The summed E-state index contributed by atoms with van der Waals surface area (Å²) in [4.78, 5) is 29.8. The van der Waals surface area contributed by atoms with Crippen molar-refractivity contribution in [2.24, 2.45) is 5.92 Å². The minimum Gasteiger partial charge on any atom is -0.453 e. The molecular weight excluding hydrogens is 310 g/mol. The van der Waals surface area contributed by atoms with Crippen LogP contribution in [-0.2, 0) is 9.53 Å². The van der Waals surface area contributed by atoms with Gasteiger partial charge in [-0.05, 0) is 26.0 Å². The van der Waals surface area contributed by atoms with Gasteiger partial charge in [0.15, 0.2) is 5.13 Å². The maximum absolute atomic E-state index is 12.3. The van der Waals surface area contributed by atoms with Gasteiger partial charge in [-0.25, -0.2) is 9.78 Å². The maximum atomic E-state index is 12.3. The van der Waals surface area contributed by atoms with Gasteiger partial charge in [-0.2, -0.15) is 0 Å². The van der Waals surface area contributed by atoms with Gasteiger partial charge in [-0.15, -0.1) is 11.8 Å². The van der Waals surface area contributed by atoms with Crippen LogP contribution in [0.3, 0.4) is 0 Å². The Bertz CT molecular complexity index is 533. The van der Waals surface area contributed by atoms with Crippen molar-refractivity contribution in [1.29, 1.82) is 0 Å². The fourth-order valence-electron chi connectivity index (χ4n) is 2.32. The van der Waals surface area contributed by atoms with E-state index < -0.39 is 0 Å². The molecule has 0 spiro atoms. The topological polar surface area (TPSA) is 71.5 Å². The van der Waals surface area contributed by atoms with Crippen LogP contribution in [0.15, 0.2) is 4.21 Å². The van der Waals surface area contributed by atoms with Crippen molar-refractivity contribution in [3.8, 4) is 0 Å². The third-order valence-corrected chi connectivity index (χ3v) is 5.68. The lowest BCUT2D eigenvalue weighted by molar-refractivity contribution is -0.121. The highest BCUT2D eigenvalue weighted by Gasteiger charge is 2.29. The molecule has 0 aliphatic carbocycles. The average Bonchev–Trinajstić information content (AvgIpc) is 2.86. The summed E-state index contributed by atoms with van der Waals surface area (Å²) in [6.45, 7) is 2.97. The van der Waals surface area contributed by atoms with Crippen LogP contribution in [0.1, 0.15) is 18.5 Å². The number of aryl methyl sites for hydroxylation is 1. The summed E-state index contributed by atoms with van der Waals surface area (Å²) in [5.74, 6) is -0.287. The van der Waals surface area contributed by atoms with E-state index in [-0.39, 0.29) is 17.9 Å². The normalized spacial score (nSPS) is 18.4. The average molecular weight is 329 g/mol. The van der Waals surface area contributed by atoms with Gasteiger partial charge < -0.3 is 15.0 Å². The third-order valence-electron chi connectivity index (χ3n) is 3.39. The molecule has 1 aliphatic heterocycles. The van der Waals surface area contributed by atoms with Gasteiger partial charge in [0.05, 0.1) is 22.9 Å². The molecule has 1 fully saturated rings. The number of thioether (sulfide) groups is 1. The fraction of sp³-hybridized carbons (Fsp3) is 0.615. The van der Waals surface area contributed by atoms with E-state index in [1.807, 2.05) is 13.2 Å². The molecule has 2 rings (SSSR count). The third kappa shape index (κ3) is 3.88. The van der Waals surface area contributed by atoms with Gasteiger partial charge in [0.1, 0.15) is 0 Å². The highest BCUT2D eigenvalue weighted by molar-refractivity contribution is 8.00. The first-order valence-corrected chi connectivity index (χ1v) is 8.74. The summed E-state index contributed by atoms with van der Waals surface area (Å²) >= 11 is 3.10. The second-order valence-electron chi connectivity index (χ2n) is 4.84. The number of rotatable bonds is 3. The van der Waals surface area contributed by atoms with Crippen molar-refractivity contribution >= 4 is 40.2 Å². The molecule has 21 heavy (non-hydrogen) atoms. The SMILES string of the molecule is COC(=O)N1CCC[C@H](C(=O)Nc2nc(C)c(SC)s2)C1. The molecule has 8 heteroatoms. The van der Waals surface area contributed by atoms with Crippen LogP contribution in [0.5, 0.6) is 0 Å².